The van der Waals surface area contributed by atoms with Crippen molar-refractivity contribution < 1.29 is 0 Å². The molecule has 0 bridgehead atoms. The summed E-state index contributed by atoms with van der Waals surface area (Å²) in [5.74, 6) is 0. The second-order valence-electron chi connectivity index (χ2n) is 4.59. The van der Waals surface area contributed by atoms with Gasteiger partial charge in [-0.15, -0.1) is 11.3 Å². The first-order chi connectivity index (χ1) is 8.70. The summed E-state index contributed by atoms with van der Waals surface area (Å²) in [5, 5.41) is 5.55. The van der Waals surface area contributed by atoms with E-state index >= 15 is 0 Å². The molecule has 1 N–H and O–H groups in total. The molecule has 2 aromatic heterocycles. The smallest absolute Gasteiger partial charge is 0.0423 e. The Labute approximate surface area is 113 Å². The van der Waals surface area contributed by atoms with Gasteiger partial charge in [-0.3, -0.25) is 4.98 Å². The Hall–Kier alpha value is -1.19. The standard InChI is InChI=1S/C15H20N2S/c1-11-6-8-14(12(2)17-11)15(16-3)9-7-13-5-4-10-18-13/h4-6,8,10,15-16H,7,9H2,1-3H3. The Bertz CT molecular complexity index is 491. The van der Waals surface area contributed by atoms with Gasteiger partial charge in [0.05, 0.1) is 0 Å². The van der Waals surface area contributed by atoms with Crippen LogP contribution in [-0.4, -0.2) is 12.0 Å². The van der Waals surface area contributed by atoms with E-state index in [2.05, 4.69) is 46.9 Å². The molecular weight excluding hydrogens is 240 g/mol. The van der Waals surface area contributed by atoms with Gasteiger partial charge in [-0.25, -0.2) is 0 Å². The van der Waals surface area contributed by atoms with Gasteiger partial charge in [0.1, 0.15) is 0 Å². The van der Waals surface area contributed by atoms with Gasteiger partial charge in [-0.2, -0.15) is 0 Å². The van der Waals surface area contributed by atoms with E-state index in [4.69, 9.17) is 0 Å². The summed E-state index contributed by atoms with van der Waals surface area (Å²) >= 11 is 1.83. The lowest BCUT2D eigenvalue weighted by atomic mass is 10.00. The third kappa shape index (κ3) is 3.18. The molecule has 0 saturated heterocycles. The van der Waals surface area contributed by atoms with E-state index in [0.717, 1.165) is 24.2 Å². The van der Waals surface area contributed by atoms with E-state index in [1.54, 1.807) is 0 Å². The minimum Gasteiger partial charge on any atom is -0.313 e. The molecule has 18 heavy (non-hydrogen) atoms. The van der Waals surface area contributed by atoms with Crippen LogP contribution in [0.2, 0.25) is 0 Å². The summed E-state index contributed by atoms with van der Waals surface area (Å²) in [6, 6.07) is 9.01. The first kappa shape index (κ1) is 13.2. The quantitative estimate of drug-likeness (QED) is 0.887. The van der Waals surface area contributed by atoms with Crippen molar-refractivity contribution in [1.82, 2.24) is 10.3 Å². The molecule has 96 valence electrons. The van der Waals surface area contributed by atoms with Crippen molar-refractivity contribution >= 4 is 11.3 Å². The predicted molar refractivity (Wildman–Crippen MR) is 78.2 cm³/mol. The van der Waals surface area contributed by atoms with E-state index in [9.17, 15) is 0 Å². The van der Waals surface area contributed by atoms with Crippen molar-refractivity contribution in [2.24, 2.45) is 0 Å². The molecular formula is C15H20N2S. The number of pyridine rings is 1. The van der Waals surface area contributed by atoms with E-state index in [1.165, 1.54) is 10.4 Å². The third-order valence-corrected chi connectivity index (χ3v) is 4.19. The van der Waals surface area contributed by atoms with Crippen molar-refractivity contribution in [1.29, 1.82) is 0 Å². The zero-order valence-corrected chi connectivity index (χ0v) is 12.1. The Morgan fingerprint density at radius 3 is 2.72 bits per heavy atom. The van der Waals surface area contributed by atoms with Gasteiger partial charge in [0, 0.05) is 22.3 Å². The summed E-state index contributed by atoms with van der Waals surface area (Å²) in [5.41, 5.74) is 3.55. The van der Waals surface area contributed by atoms with Crippen molar-refractivity contribution in [2.45, 2.75) is 32.7 Å². The van der Waals surface area contributed by atoms with Crippen LogP contribution in [-0.2, 0) is 6.42 Å². The van der Waals surface area contributed by atoms with E-state index < -0.39 is 0 Å². The average molecular weight is 260 g/mol. The highest BCUT2D eigenvalue weighted by Crippen LogP contribution is 2.22. The van der Waals surface area contributed by atoms with Gasteiger partial charge in [-0.1, -0.05) is 12.1 Å². The van der Waals surface area contributed by atoms with Crippen LogP contribution in [0.1, 0.15) is 34.3 Å². The summed E-state index contributed by atoms with van der Waals surface area (Å²) in [6.45, 7) is 4.13. The van der Waals surface area contributed by atoms with Gasteiger partial charge in [0.2, 0.25) is 0 Å². The van der Waals surface area contributed by atoms with Gasteiger partial charge >= 0.3 is 0 Å². The summed E-state index contributed by atoms with van der Waals surface area (Å²) in [6.07, 6.45) is 2.24. The molecule has 0 aromatic carbocycles. The number of hydrogen-bond acceptors (Lipinski definition) is 3. The highest BCUT2D eigenvalue weighted by Gasteiger charge is 2.12. The maximum atomic E-state index is 4.55. The number of nitrogens with zero attached hydrogens (tertiary/aromatic N) is 1. The number of nitrogens with one attached hydrogen (secondary N) is 1. The normalized spacial score (nSPS) is 12.6. The maximum absolute atomic E-state index is 4.55. The highest BCUT2D eigenvalue weighted by molar-refractivity contribution is 7.09. The molecule has 2 heterocycles. The predicted octanol–water partition coefficient (Wildman–Crippen LogP) is 3.65. The van der Waals surface area contributed by atoms with Crippen LogP contribution in [0.15, 0.2) is 29.6 Å². The summed E-state index contributed by atoms with van der Waals surface area (Å²) in [7, 11) is 2.03. The number of aromatic nitrogens is 1. The molecule has 3 heteroatoms. The first-order valence-electron chi connectivity index (χ1n) is 6.34. The molecule has 0 saturated carbocycles. The molecule has 0 spiro atoms. The van der Waals surface area contributed by atoms with E-state index in [0.29, 0.717) is 6.04 Å². The number of rotatable bonds is 5. The molecule has 0 aliphatic carbocycles. The lowest BCUT2D eigenvalue weighted by Crippen LogP contribution is -2.18. The fourth-order valence-electron chi connectivity index (χ4n) is 2.26. The highest BCUT2D eigenvalue weighted by atomic mass is 32.1. The van der Waals surface area contributed by atoms with Crippen LogP contribution in [0.4, 0.5) is 0 Å². The molecule has 0 aliphatic heterocycles. The zero-order valence-electron chi connectivity index (χ0n) is 11.2. The van der Waals surface area contributed by atoms with Crippen molar-refractivity contribution in [3.8, 4) is 0 Å². The average Bonchev–Trinajstić information content (AvgIpc) is 2.85. The monoisotopic (exact) mass is 260 g/mol. The van der Waals surface area contributed by atoms with Gasteiger partial charge in [-0.05, 0) is 56.8 Å². The third-order valence-electron chi connectivity index (χ3n) is 3.25. The number of hydrogen-bond donors (Lipinski definition) is 1. The van der Waals surface area contributed by atoms with E-state index in [-0.39, 0.29) is 0 Å². The second kappa shape index (κ2) is 6.12. The van der Waals surface area contributed by atoms with Gasteiger partial charge in [0.25, 0.3) is 0 Å². The molecule has 2 rings (SSSR count). The molecule has 0 aliphatic rings. The minimum atomic E-state index is 0.389. The van der Waals surface area contributed by atoms with Crippen LogP contribution >= 0.6 is 11.3 Å². The molecule has 1 unspecified atom stereocenters. The second-order valence-corrected chi connectivity index (χ2v) is 5.62. The molecule has 0 fully saturated rings. The molecule has 0 amide bonds. The number of aryl methyl sites for hydroxylation is 3. The summed E-state index contributed by atoms with van der Waals surface area (Å²) in [4.78, 5) is 6.00. The van der Waals surface area contributed by atoms with Crippen molar-refractivity contribution in [3.05, 3.63) is 51.5 Å². The Morgan fingerprint density at radius 1 is 1.28 bits per heavy atom. The lowest BCUT2D eigenvalue weighted by Gasteiger charge is -2.18. The van der Waals surface area contributed by atoms with E-state index in [1.807, 2.05) is 25.3 Å². The number of thiophene rings is 1. The maximum Gasteiger partial charge on any atom is 0.0423 e. The lowest BCUT2D eigenvalue weighted by molar-refractivity contribution is 0.546. The fraction of sp³-hybridized carbons (Fsp3) is 0.400. The fourth-order valence-corrected chi connectivity index (χ4v) is 2.99. The minimum absolute atomic E-state index is 0.389. The van der Waals surface area contributed by atoms with Crippen molar-refractivity contribution in [2.75, 3.05) is 7.05 Å². The topological polar surface area (TPSA) is 24.9 Å². The Balaban J connectivity index is 2.08. The van der Waals surface area contributed by atoms with Crippen molar-refractivity contribution in [3.63, 3.8) is 0 Å². The largest absolute Gasteiger partial charge is 0.313 e. The molecule has 0 radical (unpaired) electrons. The van der Waals surface area contributed by atoms with Gasteiger partial charge in [0.15, 0.2) is 0 Å². The van der Waals surface area contributed by atoms with Gasteiger partial charge < -0.3 is 5.32 Å². The summed E-state index contributed by atoms with van der Waals surface area (Å²) < 4.78 is 0. The molecule has 2 nitrogen and oxygen atoms in total. The SMILES string of the molecule is CNC(CCc1cccs1)c1ccc(C)nc1C. The molecule has 2 aromatic rings. The first-order valence-corrected chi connectivity index (χ1v) is 7.22. The Morgan fingerprint density at radius 2 is 2.11 bits per heavy atom. The van der Waals surface area contributed by atoms with Crippen LogP contribution in [0.3, 0.4) is 0 Å². The van der Waals surface area contributed by atoms with Crippen LogP contribution in [0.5, 0.6) is 0 Å². The van der Waals surface area contributed by atoms with Crippen LogP contribution in [0, 0.1) is 13.8 Å². The molecule has 1 atom stereocenters. The van der Waals surface area contributed by atoms with Crippen LogP contribution < -0.4 is 5.32 Å². The van der Waals surface area contributed by atoms with Crippen LogP contribution in [0.25, 0.3) is 0 Å². The Kier molecular flexibility index (Phi) is 4.50. The zero-order chi connectivity index (χ0) is 13.0.